The van der Waals surface area contributed by atoms with Crippen molar-refractivity contribution in [1.82, 2.24) is 0 Å². The summed E-state index contributed by atoms with van der Waals surface area (Å²) in [7, 11) is -5.42. The Kier molecular flexibility index (Phi) is 6.66. The lowest BCUT2D eigenvalue weighted by Gasteiger charge is -2.26. The Morgan fingerprint density at radius 3 is 1.44 bits per heavy atom. The van der Waals surface area contributed by atoms with Crippen LogP contribution in [0.2, 0.25) is 0 Å². The van der Waals surface area contributed by atoms with Crippen LogP contribution in [0.3, 0.4) is 0 Å². The Morgan fingerprint density at radius 1 is 0.778 bits per heavy atom. The van der Waals surface area contributed by atoms with E-state index < -0.39 is 14.7 Å². The van der Waals surface area contributed by atoms with Gasteiger partial charge in [-0.1, -0.05) is 31.2 Å². The summed E-state index contributed by atoms with van der Waals surface area (Å²) in [6, 6.07) is 11.6. The van der Waals surface area contributed by atoms with Crippen molar-refractivity contribution in [2.24, 2.45) is 0 Å². The van der Waals surface area contributed by atoms with Crippen LogP contribution < -0.4 is 9.05 Å². The molecule has 0 saturated heterocycles. The van der Waals surface area contributed by atoms with Gasteiger partial charge in [0.25, 0.3) is 0 Å². The molecular formula is C21H30O4P2. The monoisotopic (exact) mass is 408 g/mol. The zero-order chi connectivity index (χ0) is 20.4. The summed E-state index contributed by atoms with van der Waals surface area (Å²) in [5, 5.41) is 0. The standard InChI is InChI=1S/C21H30O4P2/c1-8-17(20-15(2)11-9-13-18(20)24-26(4,5)22)21-16(3)12-10-14-19(21)25-27(6,7)23/h9-14,17H,8H2,1-7H3. The molecule has 0 aliphatic heterocycles. The van der Waals surface area contributed by atoms with Crippen molar-refractivity contribution < 1.29 is 18.2 Å². The third kappa shape index (κ3) is 5.74. The first-order valence-electron chi connectivity index (χ1n) is 9.11. The smallest absolute Gasteiger partial charge is 0.242 e. The summed E-state index contributed by atoms with van der Waals surface area (Å²) >= 11 is 0. The van der Waals surface area contributed by atoms with Gasteiger partial charge < -0.3 is 9.05 Å². The van der Waals surface area contributed by atoms with Crippen LogP contribution in [-0.4, -0.2) is 26.7 Å². The van der Waals surface area contributed by atoms with Crippen LogP contribution in [-0.2, 0) is 9.13 Å². The molecule has 2 rings (SSSR count). The zero-order valence-electron chi connectivity index (χ0n) is 17.3. The van der Waals surface area contributed by atoms with E-state index in [0.717, 1.165) is 28.7 Å². The van der Waals surface area contributed by atoms with Gasteiger partial charge >= 0.3 is 0 Å². The fraction of sp³-hybridized carbons (Fsp3) is 0.429. The Morgan fingerprint density at radius 2 is 1.15 bits per heavy atom. The number of rotatable bonds is 7. The molecule has 0 heterocycles. The van der Waals surface area contributed by atoms with Crippen molar-refractivity contribution in [3.05, 3.63) is 58.7 Å². The number of benzene rings is 2. The predicted molar refractivity (Wildman–Crippen MR) is 115 cm³/mol. The Hall–Kier alpha value is -1.50. The highest BCUT2D eigenvalue weighted by molar-refractivity contribution is 7.58. The highest BCUT2D eigenvalue weighted by Crippen LogP contribution is 2.49. The van der Waals surface area contributed by atoms with Gasteiger partial charge in [0.1, 0.15) is 11.5 Å². The van der Waals surface area contributed by atoms with Gasteiger partial charge in [-0.05, 0) is 43.5 Å². The van der Waals surface area contributed by atoms with Crippen molar-refractivity contribution in [2.75, 3.05) is 26.7 Å². The van der Waals surface area contributed by atoms with Gasteiger partial charge in [0.05, 0.1) is 0 Å². The summed E-state index contributed by atoms with van der Waals surface area (Å²) in [6.07, 6.45) is 0.803. The van der Waals surface area contributed by atoms with Crippen LogP contribution in [0, 0.1) is 13.8 Å². The summed E-state index contributed by atoms with van der Waals surface area (Å²) in [6.45, 7) is 12.6. The maximum Gasteiger partial charge on any atom is 0.242 e. The first kappa shape index (κ1) is 21.8. The summed E-state index contributed by atoms with van der Waals surface area (Å²) in [5.74, 6) is 1.26. The van der Waals surface area contributed by atoms with Crippen molar-refractivity contribution in [3.63, 3.8) is 0 Å². The Bertz CT molecular complexity index is 835. The molecule has 0 spiro atoms. The Labute approximate surface area is 163 Å². The first-order chi connectivity index (χ1) is 12.4. The molecule has 0 aromatic heterocycles. The molecule has 6 heteroatoms. The lowest BCUT2D eigenvalue weighted by atomic mass is 9.83. The quantitative estimate of drug-likeness (QED) is 0.480. The zero-order valence-corrected chi connectivity index (χ0v) is 19.1. The van der Waals surface area contributed by atoms with E-state index in [-0.39, 0.29) is 5.92 Å². The molecule has 0 radical (unpaired) electrons. The second kappa shape index (κ2) is 8.25. The molecule has 4 nitrogen and oxygen atoms in total. The van der Waals surface area contributed by atoms with E-state index in [1.807, 2.05) is 50.2 Å². The Balaban J connectivity index is 2.69. The molecule has 0 aliphatic carbocycles. The summed E-state index contributed by atoms with van der Waals surface area (Å²) in [5.41, 5.74) is 4.14. The van der Waals surface area contributed by atoms with E-state index >= 15 is 0 Å². The van der Waals surface area contributed by atoms with Crippen molar-refractivity contribution in [2.45, 2.75) is 33.1 Å². The molecule has 0 fully saturated rings. The second-order valence-electron chi connectivity index (χ2n) is 7.62. The maximum atomic E-state index is 12.3. The number of aryl methyl sites for hydroxylation is 2. The second-order valence-corrected chi connectivity index (χ2v) is 13.0. The third-order valence-corrected chi connectivity index (χ3v) is 5.58. The molecule has 0 aliphatic rings. The predicted octanol–water partition coefficient (Wildman–Crippen LogP) is 6.68. The van der Waals surface area contributed by atoms with Crippen LogP contribution in [0.25, 0.3) is 0 Å². The SMILES string of the molecule is CCC(c1c(C)cccc1OP(C)(C)=O)c1c(C)cccc1OP(C)(C)=O. The molecule has 0 N–H and O–H groups in total. The minimum Gasteiger partial charge on any atom is -0.443 e. The summed E-state index contributed by atoms with van der Waals surface area (Å²) < 4.78 is 36.4. The van der Waals surface area contributed by atoms with Gasteiger partial charge in [-0.3, -0.25) is 9.13 Å². The van der Waals surface area contributed by atoms with Gasteiger partial charge in [-0.25, -0.2) is 0 Å². The van der Waals surface area contributed by atoms with Gasteiger partial charge in [0.2, 0.25) is 14.7 Å². The lowest BCUT2D eigenvalue weighted by molar-refractivity contribution is 0.483. The van der Waals surface area contributed by atoms with E-state index in [4.69, 9.17) is 9.05 Å². The topological polar surface area (TPSA) is 52.6 Å². The minimum atomic E-state index is -2.71. The molecule has 2 aromatic rings. The molecule has 0 bridgehead atoms. The van der Waals surface area contributed by atoms with E-state index in [1.54, 1.807) is 26.7 Å². The number of hydrogen-bond donors (Lipinski definition) is 0. The van der Waals surface area contributed by atoms with Gasteiger partial charge in [0, 0.05) is 43.7 Å². The van der Waals surface area contributed by atoms with Gasteiger partial charge in [-0.15, -0.1) is 0 Å². The van der Waals surface area contributed by atoms with Crippen molar-refractivity contribution in [3.8, 4) is 11.5 Å². The fourth-order valence-electron chi connectivity index (χ4n) is 3.39. The van der Waals surface area contributed by atoms with Crippen LogP contribution in [0.5, 0.6) is 11.5 Å². The van der Waals surface area contributed by atoms with Crippen molar-refractivity contribution in [1.29, 1.82) is 0 Å². The molecule has 27 heavy (non-hydrogen) atoms. The molecule has 0 unspecified atom stereocenters. The van der Waals surface area contributed by atoms with Crippen LogP contribution in [0.15, 0.2) is 36.4 Å². The minimum absolute atomic E-state index is 0.0181. The normalized spacial score (nSPS) is 12.3. The van der Waals surface area contributed by atoms with E-state index in [2.05, 4.69) is 6.92 Å². The number of hydrogen-bond acceptors (Lipinski definition) is 4. The van der Waals surface area contributed by atoms with Crippen LogP contribution in [0.1, 0.15) is 41.5 Å². The third-order valence-electron chi connectivity index (χ3n) is 4.31. The fourth-order valence-corrected chi connectivity index (χ4v) is 4.65. The van der Waals surface area contributed by atoms with E-state index in [0.29, 0.717) is 11.5 Å². The molecule has 2 aromatic carbocycles. The largest absolute Gasteiger partial charge is 0.443 e. The average Bonchev–Trinajstić information content (AvgIpc) is 2.49. The first-order valence-corrected chi connectivity index (χ1v) is 14.1. The average molecular weight is 408 g/mol. The van der Waals surface area contributed by atoms with E-state index in [1.165, 1.54) is 0 Å². The molecule has 0 saturated carbocycles. The molecule has 0 amide bonds. The van der Waals surface area contributed by atoms with Crippen LogP contribution in [0.4, 0.5) is 0 Å². The highest BCUT2D eigenvalue weighted by Gasteiger charge is 2.26. The van der Waals surface area contributed by atoms with E-state index in [9.17, 15) is 9.13 Å². The maximum absolute atomic E-state index is 12.3. The lowest BCUT2D eigenvalue weighted by Crippen LogP contribution is -2.09. The molecule has 0 atom stereocenters. The summed E-state index contributed by atoms with van der Waals surface area (Å²) in [4.78, 5) is 0. The van der Waals surface area contributed by atoms with Gasteiger partial charge in [-0.2, -0.15) is 0 Å². The molecular weight excluding hydrogens is 378 g/mol. The van der Waals surface area contributed by atoms with Gasteiger partial charge in [0.15, 0.2) is 0 Å². The molecule has 148 valence electrons. The van der Waals surface area contributed by atoms with Crippen molar-refractivity contribution >= 4 is 14.7 Å². The van der Waals surface area contributed by atoms with Crippen LogP contribution >= 0.6 is 14.7 Å². The highest BCUT2D eigenvalue weighted by atomic mass is 31.2.